The van der Waals surface area contributed by atoms with Gasteiger partial charge in [0.15, 0.2) is 5.75 Å². The number of hydrogen-bond donors (Lipinski definition) is 1. The normalized spacial score (nSPS) is 10.5. The van der Waals surface area contributed by atoms with Gasteiger partial charge in [0.1, 0.15) is 5.75 Å². The van der Waals surface area contributed by atoms with Crippen LogP contribution >= 0.6 is 11.6 Å². The Bertz CT molecular complexity index is 573. The second-order valence-electron chi connectivity index (χ2n) is 4.27. The molecule has 0 amide bonds. The average molecular weight is 279 g/mol. The first-order chi connectivity index (χ1) is 9.06. The van der Waals surface area contributed by atoms with Crippen molar-refractivity contribution in [2.24, 2.45) is 0 Å². The summed E-state index contributed by atoms with van der Waals surface area (Å²) >= 11 is 6.06. The minimum absolute atomic E-state index is 0.0304. The molecule has 0 unspecified atom stereocenters. The van der Waals surface area contributed by atoms with Crippen LogP contribution < -0.4 is 15.2 Å². The molecule has 1 aromatic carbocycles. The maximum Gasteiger partial charge on any atom is 0.262 e. The number of nitrogens with two attached hydrogens (primary N) is 1. The smallest absolute Gasteiger partial charge is 0.262 e. The summed E-state index contributed by atoms with van der Waals surface area (Å²) in [5, 5.41) is 0.468. The largest absolute Gasteiger partial charge is 0.485 e. The van der Waals surface area contributed by atoms with Crippen molar-refractivity contribution in [2.75, 3.05) is 5.73 Å². The van der Waals surface area contributed by atoms with Crippen molar-refractivity contribution >= 4 is 17.3 Å². The van der Waals surface area contributed by atoms with Crippen LogP contribution in [0.2, 0.25) is 5.02 Å². The molecule has 0 atom stereocenters. The topological polar surface area (TPSA) is 57.4 Å². The number of pyridine rings is 1. The first-order valence-electron chi connectivity index (χ1n) is 5.91. The summed E-state index contributed by atoms with van der Waals surface area (Å²) in [7, 11) is 0. The lowest BCUT2D eigenvalue weighted by Crippen LogP contribution is -2.07. The number of rotatable bonds is 4. The number of nitrogens with zero attached hydrogens (tertiary/aromatic N) is 1. The van der Waals surface area contributed by atoms with Crippen LogP contribution in [0.4, 0.5) is 5.69 Å². The van der Waals surface area contributed by atoms with Crippen LogP contribution in [-0.2, 0) is 0 Å². The molecule has 0 aliphatic heterocycles. The van der Waals surface area contributed by atoms with E-state index < -0.39 is 0 Å². The number of benzene rings is 1. The van der Waals surface area contributed by atoms with Crippen molar-refractivity contribution in [1.82, 2.24) is 4.98 Å². The van der Waals surface area contributed by atoms with Gasteiger partial charge in [0.25, 0.3) is 5.88 Å². The van der Waals surface area contributed by atoms with E-state index in [1.165, 1.54) is 0 Å². The fraction of sp³-hybridized carbons (Fsp3) is 0.214. The van der Waals surface area contributed by atoms with E-state index in [0.29, 0.717) is 28.1 Å². The van der Waals surface area contributed by atoms with Crippen LogP contribution in [-0.4, -0.2) is 11.1 Å². The van der Waals surface area contributed by atoms with Crippen LogP contribution in [0, 0.1) is 0 Å². The van der Waals surface area contributed by atoms with E-state index >= 15 is 0 Å². The Morgan fingerprint density at radius 2 is 2.00 bits per heavy atom. The van der Waals surface area contributed by atoms with Crippen LogP contribution in [0.5, 0.6) is 17.4 Å². The summed E-state index contributed by atoms with van der Waals surface area (Å²) in [6, 6.07) is 8.61. The minimum Gasteiger partial charge on any atom is -0.485 e. The number of ether oxygens (including phenoxy) is 2. The lowest BCUT2D eigenvalue weighted by molar-refractivity contribution is 0.231. The molecule has 1 heterocycles. The maximum atomic E-state index is 6.06. The Morgan fingerprint density at radius 1 is 1.21 bits per heavy atom. The maximum absolute atomic E-state index is 6.06. The molecular formula is C14H15ClN2O2. The third-order valence-corrected chi connectivity index (χ3v) is 2.57. The molecule has 2 aromatic rings. The third-order valence-electron chi connectivity index (χ3n) is 2.26. The van der Waals surface area contributed by atoms with Gasteiger partial charge < -0.3 is 15.2 Å². The van der Waals surface area contributed by atoms with Crippen LogP contribution in [0.15, 0.2) is 36.5 Å². The molecule has 5 heteroatoms. The summed E-state index contributed by atoms with van der Waals surface area (Å²) in [5.74, 6) is 1.38. The van der Waals surface area contributed by atoms with Gasteiger partial charge in [-0.15, -0.1) is 0 Å². The monoisotopic (exact) mass is 278 g/mol. The number of halogens is 1. The number of hydrogen-bond acceptors (Lipinski definition) is 4. The molecule has 1 aromatic heterocycles. The second kappa shape index (κ2) is 5.80. The quantitative estimate of drug-likeness (QED) is 0.862. The molecule has 2 rings (SSSR count). The molecular weight excluding hydrogens is 264 g/mol. The van der Waals surface area contributed by atoms with E-state index in [1.54, 1.807) is 36.5 Å². The molecule has 0 saturated carbocycles. The molecule has 19 heavy (non-hydrogen) atoms. The fourth-order valence-corrected chi connectivity index (χ4v) is 1.65. The van der Waals surface area contributed by atoms with E-state index in [-0.39, 0.29) is 6.10 Å². The third kappa shape index (κ3) is 3.51. The Labute approximate surface area is 117 Å². The van der Waals surface area contributed by atoms with E-state index in [2.05, 4.69) is 4.98 Å². The van der Waals surface area contributed by atoms with Gasteiger partial charge in [0.05, 0.1) is 11.1 Å². The minimum atomic E-state index is 0.0304. The average Bonchev–Trinajstić information content (AvgIpc) is 2.35. The van der Waals surface area contributed by atoms with E-state index in [1.807, 2.05) is 13.8 Å². The SMILES string of the molecule is CC(C)Oc1cccnc1Oc1cc(N)ccc1Cl. The molecule has 0 aliphatic carbocycles. The zero-order chi connectivity index (χ0) is 13.8. The zero-order valence-corrected chi connectivity index (χ0v) is 11.5. The lowest BCUT2D eigenvalue weighted by Gasteiger charge is -2.14. The summed E-state index contributed by atoms with van der Waals surface area (Å²) in [6.45, 7) is 3.87. The highest BCUT2D eigenvalue weighted by molar-refractivity contribution is 6.32. The first-order valence-corrected chi connectivity index (χ1v) is 6.28. The van der Waals surface area contributed by atoms with Gasteiger partial charge in [-0.1, -0.05) is 11.6 Å². The number of nitrogen functional groups attached to an aromatic ring is 1. The fourth-order valence-electron chi connectivity index (χ4n) is 1.50. The van der Waals surface area contributed by atoms with Gasteiger partial charge in [0.2, 0.25) is 0 Å². The van der Waals surface area contributed by atoms with Crippen molar-refractivity contribution in [3.63, 3.8) is 0 Å². The summed E-state index contributed by atoms with van der Waals surface area (Å²) in [5.41, 5.74) is 6.28. The molecule has 2 N–H and O–H groups in total. The van der Waals surface area contributed by atoms with Crippen molar-refractivity contribution in [1.29, 1.82) is 0 Å². The second-order valence-corrected chi connectivity index (χ2v) is 4.67. The van der Waals surface area contributed by atoms with Gasteiger partial charge in [-0.05, 0) is 38.1 Å². The van der Waals surface area contributed by atoms with Crippen molar-refractivity contribution in [2.45, 2.75) is 20.0 Å². The standard InChI is InChI=1S/C14H15ClN2O2/c1-9(2)18-12-4-3-7-17-14(12)19-13-8-10(16)5-6-11(13)15/h3-9H,16H2,1-2H3. The van der Waals surface area contributed by atoms with E-state index in [9.17, 15) is 0 Å². The Hall–Kier alpha value is -1.94. The van der Waals surface area contributed by atoms with Crippen LogP contribution in [0.25, 0.3) is 0 Å². The molecule has 0 fully saturated rings. The van der Waals surface area contributed by atoms with Crippen LogP contribution in [0.1, 0.15) is 13.8 Å². The molecule has 0 spiro atoms. The molecule has 0 saturated heterocycles. The van der Waals surface area contributed by atoms with Gasteiger partial charge in [-0.3, -0.25) is 0 Å². The molecule has 0 bridgehead atoms. The molecule has 0 aliphatic rings. The van der Waals surface area contributed by atoms with Gasteiger partial charge in [0, 0.05) is 18.0 Å². The summed E-state index contributed by atoms with van der Waals surface area (Å²) in [6.07, 6.45) is 1.66. The molecule has 4 nitrogen and oxygen atoms in total. The highest BCUT2D eigenvalue weighted by Crippen LogP contribution is 2.34. The lowest BCUT2D eigenvalue weighted by atomic mass is 10.3. The van der Waals surface area contributed by atoms with Gasteiger partial charge in [-0.25, -0.2) is 4.98 Å². The number of aromatic nitrogens is 1. The predicted molar refractivity (Wildman–Crippen MR) is 75.9 cm³/mol. The molecule has 100 valence electrons. The summed E-state index contributed by atoms with van der Waals surface area (Å²) in [4.78, 5) is 4.15. The highest BCUT2D eigenvalue weighted by Gasteiger charge is 2.11. The Balaban J connectivity index is 2.30. The van der Waals surface area contributed by atoms with Gasteiger partial charge >= 0.3 is 0 Å². The van der Waals surface area contributed by atoms with E-state index in [0.717, 1.165) is 0 Å². The van der Waals surface area contributed by atoms with Crippen molar-refractivity contribution in [3.8, 4) is 17.4 Å². The zero-order valence-electron chi connectivity index (χ0n) is 10.8. The Morgan fingerprint density at radius 3 is 2.74 bits per heavy atom. The van der Waals surface area contributed by atoms with Gasteiger partial charge in [-0.2, -0.15) is 0 Å². The first kappa shape index (κ1) is 13.5. The summed E-state index contributed by atoms with van der Waals surface area (Å²) < 4.78 is 11.3. The highest BCUT2D eigenvalue weighted by atomic mass is 35.5. The number of anilines is 1. The molecule has 0 radical (unpaired) electrons. The van der Waals surface area contributed by atoms with Crippen molar-refractivity contribution in [3.05, 3.63) is 41.6 Å². The predicted octanol–water partition coefficient (Wildman–Crippen LogP) is 3.90. The van der Waals surface area contributed by atoms with E-state index in [4.69, 9.17) is 26.8 Å². The Kier molecular flexibility index (Phi) is 4.12. The van der Waals surface area contributed by atoms with Crippen molar-refractivity contribution < 1.29 is 9.47 Å². The van der Waals surface area contributed by atoms with Crippen LogP contribution in [0.3, 0.4) is 0 Å².